The molecule has 1 heterocycles. The highest BCUT2D eigenvalue weighted by Crippen LogP contribution is 2.08. The minimum absolute atomic E-state index is 0.0564. The second kappa shape index (κ2) is 5.25. The molecule has 1 atom stereocenters. The van der Waals surface area contributed by atoms with E-state index in [0.717, 1.165) is 0 Å². The van der Waals surface area contributed by atoms with E-state index in [4.69, 9.17) is 0 Å². The van der Waals surface area contributed by atoms with Gasteiger partial charge in [-0.05, 0) is 19.1 Å². The van der Waals surface area contributed by atoms with Gasteiger partial charge in [-0.15, -0.1) is 0 Å². The third-order valence-corrected chi connectivity index (χ3v) is 3.97. The molecule has 0 aliphatic rings. The third kappa shape index (κ3) is 4.14. The van der Waals surface area contributed by atoms with Crippen molar-refractivity contribution < 1.29 is 12.8 Å². The predicted octanol–water partition coefficient (Wildman–Crippen LogP) is 1.46. The van der Waals surface area contributed by atoms with E-state index in [2.05, 4.69) is 10.3 Å². The van der Waals surface area contributed by atoms with Crippen molar-refractivity contribution in [2.24, 2.45) is 0 Å². The van der Waals surface area contributed by atoms with E-state index in [1.54, 1.807) is 13.8 Å². The van der Waals surface area contributed by atoms with Crippen molar-refractivity contribution in [3.8, 4) is 0 Å². The third-order valence-electron chi connectivity index (χ3n) is 2.08. The Hall–Kier alpha value is -1.17. The summed E-state index contributed by atoms with van der Waals surface area (Å²) in [5.41, 5.74) is 0.611. The van der Waals surface area contributed by atoms with E-state index in [1.807, 2.05) is 0 Å². The summed E-state index contributed by atoms with van der Waals surface area (Å²) in [7, 11) is -3.00. The van der Waals surface area contributed by atoms with Gasteiger partial charge < -0.3 is 5.32 Å². The number of nitrogens with one attached hydrogen (secondary N) is 1. The summed E-state index contributed by atoms with van der Waals surface area (Å²) in [6, 6.07) is 2.53. The lowest BCUT2D eigenvalue weighted by atomic mass is 10.3. The minimum Gasteiger partial charge on any atom is -0.380 e. The molecule has 1 aromatic heterocycles. The molecule has 0 amide bonds. The highest BCUT2D eigenvalue weighted by molar-refractivity contribution is 7.91. The molecule has 0 saturated carbocycles. The number of pyridine rings is 1. The molecule has 0 saturated heterocycles. The van der Waals surface area contributed by atoms with Crippen LogP contribution >= 0.6 is 0 Å². The molecular formula is C10H15FN2O2S. The molecule has 4 nitrogen and oxygen atoms in total. The van der Waals surface area contributed by atoms with Gasteiger partial charge in [-0.3, -0.25) is 0 Å². The number of anilines is 1. The summed E-state index contributed by atoms with van der Waals surface area (Å²) in [5, 5.41) is 2.95. The van der Waals surface area contributed by atoms with E-state index >= 15 is 0 Å². The first-order chi connectivity index (χ1) is 7.43. The molecule has 0 aliphatic carbocycles. The zero-order valence-corrected chi connectivity index (χ0v) is 10.1. The first-order valence-corrected chi connectivity index (χ1v) is 6.83. The summed E-state index contributed by atoms with van der Waals surface area (Å²) >= 11 is 0. The smallest absolute Gasteiger partial charge is 0.212 e. The van der Waals surface area contributed by atoms with Gasteiger partial charge in [0.25, 0.3) is 0 Å². The summed E-state index contributed by atoms with van der Waals surface area (Å²) in [6.07, 6.45) is 1.34. The Labute approximate surface area is 94.8 Å². The lowest BCUT2D eigenvalue weighted by Crippen LogP contribution is -2.26. The van der Waals surface area contributed by atoms with Crippen molar-refractivity contribution in [3.05, 3.63) is 24.3 Å². The highest BCUT2D eigenvalue weighted by atomic mass is 32.2. The zero-order valence-electron chi connectivity index (χ0n) is 9.27. The number of halogens is 1. The number of sulfone groups is 1. The standard InChI is InChI=1S/C10H15FN2O2S/c1-3-16(14,15)7-8(2)13-9-4-5-10(11)12-6-9/h4-6,8,13H,3,7H2,1-2H3. The highest BCUT2D eigenvalue weighted by Gasteiger charge is 2.13. The maximum absolute atomic E-state index is 12.5. The Kier molecular flexibility index (Phi) is 4.23. The quantitative estimate of drug-likeness (QED) is 0.799. The van der Waals surface area contributed by atoms with Crippen LogP contribution in [0.25, 0.3) is 0 Å². The Morgan fingerprint density at radius 1 is 1.50 bits per heavy atom. The van der Waals surface area contributed by atoms with Crippen LogP contribution in [0, 0.1) is 5.95 Å². The van der Waals surface area contributed by atoms with Crippen LogP contribution in [0.2, 0.25) is 0 Å². The average Bonchev–Trinajstić information content (AvgIpc) is 2.21. The molecule has 0 spiro atoms. The summed E-state index contributed by atoms with van der Waals surface area (Å²) in [6.45, 7) is 3.37. The number of nitrogens with zero attached hydrogens (tertiary/aromatic N) is 1. The van der Waals surface area contributed by atoms with E-state index < -0.39 is 15.8 Å². The van der Waals surface area contributed by atoms with Crippen LogP contribution in [0.5, 0.6) is 0 Å². The Balaban J connectivity index is 2.58. The van der Waals surface area contributed by atoms with Crippen LogP contribution in [0.4, 0.5) is 10.1 Å². The fraction of sp³-hybridized carbons (Fsp3) is 0.500. The molecule has 0 bridgehead atoms. The van der Waals surface area contributed by atoms with Crippen molar-refractivity contribution in [2.45, 2.75) is 19.9 Å². The van der Waals surface area contributed by atoms with Gasteiger partial charge in [-0.25, -0.2) is 13.4 Å². The minimum atomic E-state index is -3.00. The fourth-order valence-corrected chi connectivity index (χ4v) is 2.37. The largest absolute Gasteiger partial charge is 0.380 e. The molecule has 1 N–H and O–H groups in total. The number of hydrogen-bond donors (Lipinski definition) is 1. The van der Waals surface area contributed by atoms with Crippen molar-refractivity contribution in [3.63, 3.8) is 0 Å². The molecule has 0 aliphatic heterocycles. The van der Waals surface area contributed by atoms with Crippen LogP contribution in [0.3, 0.4) is 0 Å². The zero-order chi connectivity index (χ0) is 12.2. The van der Waals surface area contributed by atoms with Gasteiger partial charge in [0.05, 0.1) is 17.6 Å². The van der Waals surface area contributed by atoms with Crippen LogP contribution in [0.15, 0.2) is 18.3 Å². The Bertz CT molecular complexity index is 431. The number of aromatic nitrogens is 1. The van der Waals surface area contributed by atoms with Crippen LogP contribution in [-0.2, 0) is 9.84 Å². The van der Waals surface area contributed by atoms with E-state index in [0.29, 0.717) is 5.69 Å². The Morgan fingerprint density at radius 3 is 2.69 bits per heavy atom. The van der Waals surface area contributed by atoms with Crippen molar-refractivity contribution in [1.82, 2.24) is 4.98 Å². The summed E-state index contributed by atoms with van der Waals surface area (Å²) in [4.78, 5) is 3.47. The molecule has 1 rings (SSSR count). The van der Waals surface area contributed by atoms with E-state index in [9.17, 15) is 12.8 Å². The van der Waals surface area contributed by atoms with Crippen molar-refractivity contribution >= 4 is 15.5 Å². The maximum atomic E-state index is 12.5. The molecule has 0 fully saturated rings. The summed E-state index contributed by atoms with van der Waals surface area (Å²) in [5.74, 6) is -0.374. The van der Waals surface area contributed by atoms with Crippen molar-refractivity contribution in [1.29, 1.82) is 0 Å². The van der Waals surface area contributed by atoms with Gasteiger partial charge in [0.15, 0.2) is 9.84 Å². The molecule has 0 radical (unpaired) electrons. The second-order valence-corrected chi connectivity index (χ2v) is 6.01. The maximum Gasteiger partial charge on any atom is 0.212 e. The number of hydrogen-bond acceptors (Lipinski definition) is 4. The predicted molar refractivity (Wildman–Crippen MR) is 61.6 cm³/mol. The van der Waals surface area contributed by atoms with Gasteiger partial charge in [-0.1, -0.05) is 6.92 Å². The molecule has 6 heteroatoms. The number of rotatable bonds is 5. The fourth-order valence-electron chi connectivity index (χ4n) is 1.29. The van der Waals surface area contributed by atoms with E-state index in [1.165, 1.54) is 18.3 Å². The second-order valence-electron chi connectivity index (χ2n) is 3.61. The Morgan fingerprint density at radius 2 is 2.19 bits per heavy atom. The van der Waals surface area contributed by atoms with Gasteiger partial charge in [0, 0.05) is 11.8 Å². The van der Waals surface area contributed by atoms with E-state index in [-0.39, 0.29) is 17.5 Å². The normalized spacial score (nSPS) is 13.4. The molecule has 16 heavy (non-hydrogen) atoms. The monoisotopic (exact) mass is 246 g/mol. The van der Waals surface area contributed by atoms with Crippen LogP contribution in [-0.4, -0.2) is 30.9 Å². The van der Waals surface area contributed by atoms with Gasteiger partial charge in [0.2, 0.25) is 5.95 Å². The lowest BCUT2D eigenvalue weighted by Gasteiger charge is -2.14. The molecular weight excluding hydrogens is 231 g/mol. The van der Waals surface area contributed by atoms with Crippen LogP contribution in [0.1, 0.15) is 13.8 Å². The summed E-state index contributed by atoms with van der Waals surface area (Å²) < 4.78 is 35.2. The SMILES string of the molecule is CCS(=O)(=O)CC(C)Nc1ccc(F)nc1. The molecule has 0 aromatic carbocycles. The molecule has 1 unspecified atom stereocenters. The first-order valence-electron chi connectivity index (χ1n) is 5.01. The van der Waals surface area contributed by atoms with Gasteiger partial charge in [0.1, 0.15) is 0 Å². The van der Waals surface area contributed by atoms with Gasteiger partial charge in [-0.2, -0.15) is 4.39 Å². The first kappa shape index (κ1) is 12.9. The van der Waals surface area contributed by atoms with Crippen molar-refractivity contribution in [2.75, 3.05) is 16.8 Å². The lowest BCUT2D eigenvalue weighted by molar-refractivity contribution is 0.583. The van der Waals surface area contributed by atoms with Crippen LogP contribution < -0.4 is 5.32 Å². The average molecular weight is 246 g/mol. The molecule has 90 valence electrons. The molecule has 1 aromatic rings. The van der Waals surface area contributed by atoms with Gasteiger partial charge >= 0.3 is 0 Å². The topological polar surface area (TPSA) is 59.1 Å².